The van der Waals surface area contributed by atoms with Crippen LogP contribution in [0.1, 0.15) is 34.0 Å². The number of carbonyl (C=O) groups is 2. The summed E-state index contributed by atoms with van der Waals surface area (Å²) in [5.74, 6) is -1.18. The quantitative estimate of drug-likeness (QED) is 0.852. The van der Waals surface area contributed by atoms with Gasteiger partial charge in [-0.3, -0.25) is 4.79 Å². The van der Waals surface area contributed by atoms with Crippen LogP contribution in [0.4, 0.5) is 0 Å². The van der Waals surface area contributed by atoms with Crippen LogP contribution in [0.5, 0.6) is 5.75 Å². The van der Waals surface area contributed by atoms with Gasteiger partial charge < -0.3 is 9.84 Å². The Labute approximate surface area is 159 Å². The fourth-order valence-corrected chi connectivity index (χ4v) is 3.67. The molecule has 0 amide bonds. The summed E-state index contributed by atoms with van der Waals surface area (Å²) in [5.41, 5.74) is 1.39. The fraction of sp³-hybridized carbons (Fsp3) is 0.211. The predicted molar refractivity (Wildman–Crippen MR) is 96.1 cm³/mol. The molecule has 0 heterocycles. The Hall–Kier alpha value is -2.55. The van der Waals surface area contributed by atoms with Crippen LogP contribution in [-0.2, 0) is 16.6 Å². The van der Waals surface area contributed by atoms with Crippen LogP contribution in [-0.4, -0.2) is 23.5 Å². The number of ketones is 1. The standard InChI is InChI=1S/C19H13Cl2NO4/c1-19(12-4-2-10(8-22)3-5-12)7-11-6-13(26-9-14(23)24)16(20)17(21)15(11)18(19)25/h2-6H,7,9H2,1H3,(H,23,24). The molecular formula is C19H13Cl2NO4. The molecule has 132 valence electrons. The van der Waals surface area contributed by atoms with Crippen LogP contribution in [0.25, 0.3) is 0 Å². The second-order valence-corrected chi connectivity index (χ2v) is 7.00. The molecule has 1 N–H and O–H groups in total. The predicted octanol–water partition coefficient (Wildman–Crippen LogP) is 4.03. The Morgan fingerprint density at radius 3 is 2.54 bits per heavy atom. The van der Waals surface area contributed by atoms with Crippen molar-refractivity contribution in [1.29, 1.82) is 5.26 Å². The minimum Gasteiger partial charge on any atom is -0.480 e. The van der Waals surface area contributed by atoms with Gasteiger partial charge in [0.05, 0.1) is 22.1 Å². The van der Waals surface area contributed by atoms with Crippen molar-refractivity contribution < 1.29 is 19.4 Å². The molecule has 0 aromatic heterocycles. The number of nitrogens with zero attached hydrogens (tertiary/aromatic N) is 1. The molecule has 7 heteroatoms. The average molecular weight is 390 g/mol. The van der Waals surface area contributed by atoms with E-state index in [-0.39, 0.29) is 21.6 Å². The molecule has 3 rings (SSSR count). The van der Waals surface area contributed by atoms with Gasteiger partial charge >= 0.3 is 5.97 Å². The zero-order valence-corrected chi connectivity index (χ0v) is 15.2. The number of hydrogen-bond acceptors (Lipinski definition) is 4. The van der Waals surface area contributed by atoms with Gasteiger partial charge in [-0.15, -0.1) is 0 Å². The van der Waals surface area contributed by atoms with Gasteiger partial charge in [0.25, 0.3) is 0 Å². The SMILES string of the molecule is CC1(c2ccc(C#N)cc2)Cc2cc(OCC(=O)O)c(Cl)c(Cl)c2C1=O. The number of rotatable bonds is 4. The van der Waals surface area contributed by atoms with E-state index >= 15 is 0 Å². The second kappa shape index (κ2) is 6.64. The molecule has 0 bridgehead atoms. The average Bonchev–Trinajstić information content (AvgIpc) is 2.88. The minimum absolute atomic E-state index is 0.0177. The second-order valence-electron chi connectivity index (χ2n) is 6.25. The lowest BCUT2D eigenvalue weighted by molar-refractivity contribution is -0.139. The summed E-state index contributed by atoms with van der Waals surface area (Å²) in [6, 6.07) is 10.4. The van der Waals surface area contributed by atoms with Crippen molar-refractivity contribution in [3.63, 3.8) is 0 Å². The lowest BCUT2D eigenvalue weighted by atomic mass is 9.78. The first kappa shape index (κ1) is 18.2. The van der Waals surface area contributed by atoms with Crippen molar-refractivity contribution in [3.8, 4) is 11.8 Å². The molecular weight excluding hydrogens is 377 g/mol. The molecule has 0 fully saturated rings. The number of carboxylic acid groups (broad SMARTS) is 1. The zero-order valence-electron chi connectivity index (χ0n) is 13.7. The molecule has 1 aliphatic rings. The summed E-state index contributed by atoms with van der Waals surface area (Å²) >= 11 is 12.5. The van der Waals surface area contributed by atoms with Crippen molar-refractivity contribution in [2.75, 3.05) is 6.61 Å². The highest BCUT2D eigenvalue weighted by atomic mass is 35.5. The third-order valence-electron chi connectivity index (χ3n) is 4.53. The lowest BCUT2D eigenvalue weighted by Gasteiger charge is -2.22. The zero-order chi connectivity index (χ0) is 19.1. The maximum Gasteiger partial charge on any atom is 0.341 e. The highest BCUT2D eigenvalue weighted by Gasteiger charge is 2.45. The summed E-state index contributed by atoms with van der Waals surface area (Å²) in [6.45, 7) is 1.24. The van der Waals surface area contributed by atoms with Crippen LogP contribution in [0.15, 0.2) is 30.3 Å². The van der Waals surface area contributed by atoms with Gasteiger partial charge in [-0.1, -0.05) is 35.3 Å². The van der Waals surface area contributed by atoms with Crippen LogP contribution in [0.3, 0.4) is 0 Å². The first-order valence-corrected chi connectivity index (χ1v) is 8.44. The van der Waals surface area contributed by atoms with Gasteiger partial charge in [-0.25, -0.2) is 4.79 Å². The van der Waals surface area contributed by atoms with Crippen molar-refractivity contribution in [3.05, 3.63) is 62.6 Å². The van der Waals surface area contributed by atoms with E-state index in [0.717, 1.165) is 5.56 Å². The highest BCUT2D eigenvalue weighted by molar-refractivity contribution is 6.45. The summed E-state index contributed by atoms with van der Waals surface area (Å²) in [5, 5.41) is 17.8. The number of Topliss-reactive ketones (excluding diaryl/α,β-unsaturated/α-hetero) is 1. The molecule has 0 aliphatic heterocycles. The molecule has 26 heavy (non-hydrogen) atoms. The number of benzene rings is 2. The van der Waals surface area contributed by atoms with Gasteiger partial charge in [-0.2, -0.15) is 5.26 Å². The van der Waals surface area contributed by atoms with Crippen LogP contribution >= 0.6 is 23.2 Å². The molecule has 0 saturated heterocycles. The van der Waals surface area contributed by atoms with E-state index in [1.54, 1.807) is 37.3 Å². The maximum absolute atomic E-state index is 13.1. The Balaban J connectivity index is 2.03. The normalized spacial score (nSPS) is 18.3. The summed E-state index contributed by atoms with van der Waals surface area (Å²) in [4.78, 5) is 23.8. The lowest BCUT2D eigenvalue weighted by Crippen LogP contribution is -2.29. The molecule has 0 spiro atoms. The molecule has 1 atom stereocenters. The molecule has 5 nitrogen and oxygen atoms in total. The van der Waals surface area contributed by atoms with Crippen LogP contribution in [0.2, 0.25) is 10.0 Å². The third kappa shape index (κ3) is 2.92. The van der Waals surface area contributed by atoms with Gasteiger partial charge in [-0.05, 0) is 42.7 Å². The maximum atomic E-state index is 13.1. The Morgan fingerprint density at radius 2 is 1.96 bits per heavy atom. The number of aliphatic carboxylic acids is 1. The Kier molecular flexibility index (Phi) is 4.66. The van der Waals surface area contributed by atoms with Crippen molar-refractivity contribution in [2.45, 2.75) is 18.8 Å². The largest absolute Gasteiger partial charge is 0.480 e. The van der Waals surface area contributed by atoms with E-state index in [1.807, 2.05) is 6.07 Å². The Morgan fingerprint density at radius 1 is 1.31 bits per heavy atom. The van der Waals surface area contributed by atoms with E-state index in [4.69, 9.17) is 38.3 Å². The van der Waals surface area contributed by atoms with E-state index in [2.05, 4.69) is 0 Å². The van der Waals surface area contributed by atoms with Crippen LogP contribution < -0.4 is 4.74 Å². The summed E-state index contributed by atoms with van der Waals surface area (Å²) in [7, 11) is 0. The monoisotopic (exact) mass is 389 g/mol. The van der Waals surface area contributed by atoms with Gasteiger partial charge in [0, 0.05) is 5.56 Å². The first-order valence-electron chi connectivity index (χ1n) is 7.69. The van der Waals surface area contributed by atoms with E-state index in [0.29, 0.717) is 23.1 Å². The van der Waals surface area contributed by atoms with Crippen molar-refractivity contribution in [1.82, 2.24) is 0 Å². The number of nitriles is 1. The van der Waals surface area contributed by atoms with Gasteiger partial charge in [0.15, 0.2) is 12.4 Å². The Bertz CT molecular complexity index is 963. The summed E-state index contributed by atoms with van der Waals surface area (Å²) < 4.78 is 5.18. The molecule has 2 aromatic rings. The number of halogens is 2. The number of carbonyl (C=O) groups excluding carboxylic acids is 1. The first-order chi connectivity index (χ1) is 12.3. The molecule has 1 aliphatic carbocycles. The molecule has 2 aromatic carbocycles. The molecule has 1 unspecified atom stereocenters. The third-order valence-corrected chi connectivity index (χ3v) is 5.38. The van der Waals surface area contributed by atoms with Gasteiger partial charge in [0.1, 0.15) is 10.8 Å². The molecule has 0 radical (unpaired) electrons. The smallest absolute Gasteiger partial charge is 0.341 e. The van der Waals surface area contributed by atoms with Crippen molar-refractivity contribution >= 4 is 35.0 Å². The minimum atomic E-state index is -1.14. The molecule has 0 saturated carbocycles. The summed E-state index contributed by atoms with van der Waals surface area (Å²) in [6.07, 6.45) is 0.368. The van der Waals surface area contributed by atoms with Crippen LogP contribution in [0, 0.1) is 11.3 Å². The van der Waals surface area contributed by atoms with E-state index in [1.165, 1.54) is 0 Å². The van der Waals surface area contributed by atoms with Gasteiger partial charge in [0.2, 0.25) is 0 Å². The fourth-order valence-electron chi connectivity index (χ4n) is 3.16. The number of fused-ring (bicyclic) bond motifs is 1. The number of hydrogen-bond donors (Lipinski definition) is 1. The topological polar surface area (TPSA) is 87.4 Å². The number of carboxylic acids is 1. The van der Waals surface area contributed by atoms with Crippen molar-refractivity contribution in [2.24, 2.45) is 0 Å². The number of ether oxygens (including phenoxy) is 1. The highest BCUT2D eigenvalue weighted by Crippen LogP contribution is 2.47. The van der Waals surface area contributed by atoms with E-state index < -0.39 is 18.0 Å². The van der Waals surface area contributed by atoms with E-state index in [9.17, 15) is 9.59 Å².